The molecule has 0 unspecified atom stereocenters. The van der Waals surface area contributed by atoms with Crippen LogP contribution in [0, 0.1) is 0 Å². The number of hydrogen-bond donors (Lipinski definition) is 1. The topological polar surface area (TPSA) is 85.4 Å². The first-order chi connectivity index (χ1) is 11.9. The van der Waals surface area contributed by atoms with Crippen molar-refractivity contribution in [3.05, 3.63) is 48.2 Å². The molecule has 1 atom stereocenters. The molecule has 0 spiro atoms. The predicted octanol–water partition coefficient (Wildman–Crippen LogP) is 2.62. The van der Waals surface area contributed by atoms with Gasteiger partial charge in [0, 0.05) is 35.5 Å². The molecule has 1 aromatic heterocycles. The lowest BCUT2D eigenvalue weighted by atomic mass is 10.2. The van der Waals surface area contributed by atoms with Gasteiger partial charge in [-0.15, -0.1) is 0 Å². The van der Waals surface area contributed by atoms with E-state index in [1.54, 1.807) is 30.5 Å². The Balaban J connectivity index is 1.68. The number of sulfone groups is 1. The zero-order chi connectivity index (χ0) is 17.9. The summed E-state index contributed by atoms with van der Waals surface area (Å²) in [6.07, 6.45) is 3.80. The molecule has 0 bridgehead atoms. The number of ether oxygens (including phenoxy) is 1. The van der Waals surface area contributed by atoms with E-state index in [2.05, 4.69) is 10.3 Å². The SMILES string of the molecule is CS(=O)(=O)c1ccc(NC(=O)c2ccnc(O[C@@H]3CCSC3)c2)cc1. The first kappa shape index (κ1) is 17.8. The number of amides is 1. The lowest BCUT2D eigenvalue weighted by Gasteiger charge is -2.12. The van der Waals surface area contributed by atoms with Crippen LogP contribution in [-0.2, 0) is 9.84 Å². The number of aromatic nitrogens is 1. The van der Waals surface area contributed by atoms with E-state index in [9.17, 15) is 13.2 Å². The van der Waals surface area contributed by atoms with Crippen LogP contribution in [0.3, 0.4) is 0 Å². The Hall–Kier alpha value is -2.06. The van der Waals surface area contributed by atoms with Crippen molar-refractivity contribution in [3.63, 3.8) is 0 Å². The Morgan fingerprint density at radius 3 is 2.68 bits per heavy atom. The molecule has 0 saturated carbocycles. The fourth-order valence-electron chi connectivity index (χ4n) is 2.38. The molecule has 2 heterocycles. The van der Waals surface area contributed by atoms with E-state index in [1.165, 1.54) is 12.1 Å². The largest absolute Gasteiger partial charge is 0.473 e. The molecule has 6 nitrogen and oxygen atoms in total. The monoisotopic (exact) mass is 378 g/mol. The van der Waals surface area contributed by atoms with Gasteiger partial charge < -0.3 is 10.1 Å². The number of pyridine rings is 1. The van der Waals surface area contributed by atoms with Crippen LogP contribution in [0.25, 0.3) is 0 Å². The van der Waals surface area contributed by atoms with E-state index in [-0.39, 0.29) is 16.9 Å². The maximum absolute atomic E-state index is 12.4. The van der Waals surface area contributed by atoms with Gasteiger partial charge in [0.1, 0.15) is 6.10 Å². The summed E-state index contributed by atoms with van der Waals surface area (Å²) in [7, 11) is -3.26. The number of hydrogen-bond acceptors (Lipinski definition) is 6. The second-order valence-electron chi connectivity index (χ2n) is 5.74. The molecule has 3 rings (SSSR count). The van der Waals surface area contributed by atoms with Gasteiger partial charge in [0.2, 0.25) is 5.88 Å². The minimum Gasteiger partial charge on any atom is -0.473 e. The minimum absolute atomic E-state index is 0.138. The summed E-state index contributed by atoms with van der Waals surface area (Å²) in [4.78, 5) is 16.7. The molecule has 8 heteroatoms. The predicted molar refractivity (Wildman–Crippen MR) is 98.1 cm³/mol. The molecule has 1 N–H and O–H groups in total. The number of benzene rings is 1. The Bertz CT molecular complexity index is 860. The molecule has 1 amide bonds. The van der Waals surface area contributed by atoms with E-state index in [4.69, 9.17) is 4.74 Å². The van der Waals surface area contributed by atoms with Crippen molar-refractivity contribution in [1.29, 1.82) is 0 Å². The van der Waals surface area contributed by atoms with E-state index in [1.807, 2.05) is 11.8 Å². The highest BCUT2D eigenvalue weighted by atomic mass is 32.2. The van der Waals surface area contributed by atoms with Gasteiger partial charge in [-0.25, -0.2) is 13.4 Å². The van der Waals surface area contributed by atoms with Crippen LogP contribution in [0.2, 0.25) is 0 Å². The summed E-state index contributed by atoms with van der Waals surface area (Å²) in [5.74, 6) is 2.15. The molecule has 132 valence electrons. The maximum Gasteiger partial charge on any atom is 0.255 e. The van der Waals surface area contributed by atoms with Crippen LogP contribution in [-0.4, -0.2) is 43.2 Å². The minimum atomic E-state index is -3.26. The average molecular weight is 378 g/mol. The van der Waals surface area contributed by atoms with E-state index in [0.29, 0.717) is 17.1 Å². The molecular weight excluding hydrogens is 360 g/mol. The fourth-order valence-corrected chi connectivity index (χ4v) is 4.10. The first-order valence-corrected chi connectivity index (χ1v) is 10.8. The number of nitrogens with zero attached hydrogens (tertiary/aromatic N) is 1. The number of thioether (sulfide) groups is 1. The first-order valence-electron chi connectivity index (χ1n) is 7.74. The molecule has 0 aliphatic carbocycles. The quantitative estimate of drug-likeness (QED) is 0.861. The maximum atomic E-state index is 12.4. The standard InChI is InChI=1S/C17H18N2O4S2/c1-25(21,22)15-4-2-13(3-5-15)19-17(20)12-6-8-18-16(10-12)23-14-7-9-24-11-14/h2-6,8,10,14H,7,9,11H2,1H3,(H,19,20)/t14-/m1/s1. The summed E-state index contributed by atoms with van der Waals surface area (Å²) >= 11 is 1.84. The molecule has 1 aromatic carbocycles. The van der Waals surface area contributed by atoms with Gasteiger partial charge in [-0.2, -0.15) is 11.8 Å². The Morgan fingerprint density at radius 1 is 1.28 bits per heavy atom. The van der Waals surface area contributed by atoms with Crippen molar-refractivity contribution in [2.45, 2.75) is 17.4 Å². The average Bonchev–Trinajstić information content (AvgIpc) is 3.08. The highest BCUT2D eigenvalue weighted by Crippen LogP contribution is 2.22. The number of rotatable bonds is 5. The van der Waals surface area contributed by atoms with Gasteiger partial charge in [-0.3, -0.25) is 4.79 Å². The second-order valence-corrected chi connectivity index (χ2v) is 8.90. The zero-order valence-corrected chi connectivity index (χ0v) is 15.3. The van der Waals surface area contributed by atoms with Crippen LogP contribution in [0.4, 0.5) is 5.69 Å². The van der Waals surface area contributed by atoms with Crippen LogP contribution >= 0.6 is 11.8 Å². The van der Waals surface area contributed by atoms with E-state index in [0.717, 1.165) is 24.2 Å². The summed E-state index contributed by atoms with van der Waals surface area (Å²) in [5.41, 5.74) is 0.951. The molecule has 1 aliphatic rings. The Kier molecular flexibility index (Phi) is 5.29. The van der Waals surface area contributed by atoms with Crippen molar-refractivity contribution in [2.24, 2.45) is 0 Å². The van der Waals surface area contributed by atoms with Gasteiger partial charge >= 0.3 is 0 Å². The number of nitrogens with one attached hydrogen (secondary N) is 1. The normalized spacial score (nSPS) is 17.2. The molecule has 1 aliphatic heterocycles. The third kappa shape index (κ3) is 4.73. The molecule has 1 fully saturated rings. The fraction of sp³-hybridized carbons (Fsp3) is 0.294. The van der Waals surface area contributed by atoms with E-state index < -0.39 is 9.84 Å². The molecule has 0 radical (unpaired) electrons. The second kappa shape index (κ2) is 7.45. The number of anilines is 1. The zero-order valence-electron chi connectivity index (χ0n) is 13.6. The van der Waals surface area contributed by atoms with Crippen molar-refractivity contribution in [1.82, 2.24) is 4.98 Å². The van der Waals surface area contributed by atoms with Crippen LogP contribution in [0.15, 0.2) is 47.5 Å². The summed E-state index contributed by atoms with van der Waals surface area (Å²) in [5, 5.41) is 2.74. The summed E-state index contributed by atoms with van der Waals surface area (Å²) in [6.45, 7) is 0. The van der Waals surface area contributed by atoms with Crippen LogP contribution in [0.1, 0.15) is 16.8 Å². The van der Waals surface area contributed by atoms with Gasteiger partial charge in [-0.05, 0) is 42.5 Å². The van der Waals surface area contributed by atoms with Crippen molar-refractivity contribution >= 4 is 33.2 Å². The van der Waals surface area contributed by atoms with Gasteiger partial charge in [0.15, 0.2) is 9.84 Å². The lowest BCUT2D eigenvalue weighted by Crippen LogP contribution is -2.17. The summed E-state index contributed by atoms with van der Waals surface area (Å²) < 4.78 is 28.7. The molecule has 2 aromatic rings. The van der Waals surface area contributed by atoms with E-state index >= 15 is 0 Å². The highest BCUT2D eigenvalue weighted by Gasteiger charge is 2.18. The third-order valence-electron chi connectivity index (χ3n) is 3.71. The molecule has 25 heavy (non-hydrogen) atoms. The van der Waals surface area contributed by atoms with Crippen LogP contribution < -0.4 is 10.1 Å². The molecule has 1 saturated heterocycles. The highest BCUT2D eigenvalue weighted by molar-refractivity contribution is 7.99. The molecular formula is C17H18N2O4S2. The van der Waals surface area contributed by atoms with Crippen molar-refractivity contribution < 1.29 is 17.9 Å². The van der Waals surface area contributed by atoms with Crippen molar-refractivity contribution in [3.8, 4) is 5.88 Å². The van der Waals surface area contributed by atoms with Crippen molar-refractivity contribution in [2.75, 3.05) is 23.1 Å². The third-order valence-corrected chi connectivity index (χ3v) is 5.97. The Morgan fingerprint density at radius 2 is 2.04 bits per heavy atom. The van der Waals surface area contributed by atoms with Gasteiger partial charge in [0.05, 0.1) is 4.90 Å². The number of carbonyl (C=O) groups is 1. The van der Waals surface area contributed by atoms with Crippen LogP contribution in [0.5, 0.6) is 5.88 Å². The summed E-state index contributed by atoms with van der Waals surface area (Å²) in [6, 6.07) is 9.26. The lowest BCUT2D eigenvalue weighted by molar-refractivity contribution is 0.102. The number of carbonyl (C=O) groups excluding carboxylic acids is 1. The van der Waals surface area contributed by atoms with Gasteiger partial charge in [0.25, 0.3) is 5.91 Å². The smallest absolute Gasteiger partial charge is 0.255 e. The van der Waals surface area contributed by atoms with Gasteiger partial charge in [-0.1, -0.05) is 0 Å². The Labute approximate surface area is 150 Å².